The highest BCUT2D eigenvalue weighted by Crippen LogP contribution is 2.19. The molecule has 0 aliphatic rings. The van der Waals surface area contributed by atoms with Gasteiger partial charge in [-0.05, 0) is 12.1 Å². The molecule has 0 aliphatic carbocycles. The van der Waals surface area contributed by atoms with Gasteiger partial charge in [0.1, 0.15) is 17.8 Å². The van der Waals surface area contributed by atoms with Crippen LogP contribution < -0.4 is 4.74 Å². The number of aldehydes is 1. The maximum atomic E-state index is 10.6. The van der Waals surface area contributed by atoms with Crippen molar-refractivity contribution in [3.8, 4) is 5.75 Å². The molecule has 0 saturated carbocycles. The first-order chi connectivity index (χ1) is 8.40. The van der Waals surface area contributed by atoms with Gasteiger partial charge >= 0.3 is 0 Å². The molecule has 17 heavy (non-hydrogen) atoms. The smallest absolute Gasteiger partial charge is 0.146 e. The molecule has 2 rings (SSSR count). The van der Waals surface area contributed by atoms with Crippen molar-refractivity contribution in [1.29, 1.82) is 0 Å². The maximum Gasteiger partial charge on any atom is 0.146 e. The predicted molar refractivity (Wildman–Crippen MR) is 67.6 cm³/mol. The molecule has 0 aromatic heterocycles. The molecule has 0 saturated heterocycles. The predicted octanol–water partition coefficient (Wildman–Crippen LogP) is 3.31. The van der Waals surface area contributed by atoms with Crippen molar-refractivity contribution in [3.05, 3.63) is 72.3 Å². The second-order valence-electron chi connectivity index (χ2n) is 3.45. The van der Waals surface area contributed by atoms with Gasteiger partial charge in [-0.3, -0.25) is 4.79 Å². The molecule has 0 bridgehead atoms. The van der Waals surface area contributed by atoms with Crippen molar-refractivity contribution in [1.82, 2.24) is 0 Å². The summed E-state index contributed by atoms with van der Waals surface area (Å²) in [4.78, 5) is 10.6. The number of rotatable bonds is 4. The number of allylic oxidation sites excluding steroid dienone is 1. The van der Waals surface area contributed by atoms with E-state index < -0.39 is 0 Å². The van der Waals surface area contributed by atoms with Crippen molar-refractivity contribution in [2.75, 3.05) is 0 Å². The van der Waals surface area contributed by atoms with Crippen molar-refractivity contribution in [3.63, 3.8) is 0 Å². The van der Waals surface area contributed by atoms with Crippen molar-refractivity contribution in [2.24, 2.45) is 0 Å². The van der Waals surface area contributed by atoms with Crippen LogP contribution >= 0.6 is 0 Å². The van der Waals surface area contributed by atoms with Crippen LogP contribution in [-0.4, -0.2) is 6.29 Å². The zero-order valence-corrected chi connectivity index (χ0v) is 9.24. The van der Waals surface area contributed by atoms with Gasteiger partial charge in [0, 0.05) is 11.6 Å². The van der Waals surface area contributed by atoms with Gasteiger partial charge in [-0.1, -0.05) is 48.5 Å². The minimum atomic E-state index is 0.548. The van der Waals surface area contributed by atoms with Crippen LogP contribution in [0.25, 0.3) is 5.76 Å². The summed E-state index contributed by atoms with van der Waals surface area (Å²) < 4.78 is 5.67. The Hall–Kier alpha value is -2.35. The van der Waals surface area contributed by atoms with Crippen LogP contribution in [0.15, 0.2) is 66.7 Å². The number of para-hydroxylation sites is 1. The number of carbonyl (C=O) groups is 1. The van der Waals surface area contributed by atoms with Gasteiger partial charge in [0.25, 0.3) is 0 Å². The van der Waals surface area contributed by atoms with E-state index in [0.29, 0.717) is 11.5 Å². The Morgan fingerprint density at radius 3 is 2.06 bits per heavy atom. The lowest BCUT2D eigenvalue weighted by Crippen LogP contribution is -1.95. The first-order valence-electron chi connectivity index (χ1n) is 5.34. The Kier molecular flexibility index (Phi) is 3.71. The second kappa shape index (κ2) is 5.66. The van der Waals surface area contributed by atoms with E-state index >= 15 is 0 Å². The fourth-order valence-electron chi connectivity index (χ4n) is 1.47. The summed E-state index contributed by atoms with van der Waals surface area (Å²) in [6.07, 6.45) is 2.15. The van der Waals surface area contributed by atoms with Crippen LogP contribution in [0.4, 0.5) is 0 Å². The highest BCUT2D eigenvalue weighted by atomic mass is 16.5. The lowest BCUT2D eigenvalue weighted by atomic mass is 10.2. The number of hydrogen-bond donors (Lipinski definition) is 0. The van der Waals surface area contributed by atoms with Gasteiger partial charge in [-0.2, -0.15) is 0 Å². The largest absolute Gasteiger partial charge is 0.457 e. The van der Waals surface area contributed by atoms with E-state index in [9.17, 15) is 4.79 Å². The molecular formula is C15H12O2. The fraction of sp³-hybridized carbons (Fsp3) is 0. The van der Waals surface area contributed by atoms with E-state index in [-0.39, 0.29) is 0 Å². The summed E-state index contributed by atoms with van der Waals surface area (Å²) in [5.41, 5.74) is 0.878. The Morgan fingerprint density at radius 2 is 1.47 bits per heavy atom. The zero-order valence-electron chi connectivity index (χ0n) is 9.24. The van der Waals surface area contributed by atoms with Gasteiger partial charge in [-0.15, -0.1) is 0 Å². The average Bonchev–Trinajstić information content (AvgIpc) is 2.40. The Balaban J connectivity index is 2.26. The molecule has 0 heterocycles. The van der Waals surface area contributed by atoms with E-state index in [2.05, 4.69) is 0 Å². The molecule has 0 amide bonds. The molecule has 0 fully saturated rings. The summed E-state index contributed by atoms with van der Waals surface area (Å²) >= 11 is 0. The summed E-state index contributed by atoms with van der Waals surface area (Å²) in [5.74, 6) is 1.26. The molecule has 84 valence electrons. The molecular weight excluding hydrogens is 212 g/mol. The van der Waals surface area contributed by atoms with Crippen molar-refractivity contribution in [2.45, 2.75) is 0 Å². The molecule has 0 spiro atoms. The number of benzene rings is 2. The third-order valence-corrected chi connectivity index (χ3v) is 2.25. The molecule has 0 atom stereocenters. The number of carbonyl (C=O) groups excluding carboxylic acids is 1. The standard InChI is InChI=1S/C15H12O2/c16-12-11-15(13-7-3-1-4-8-13)17-14-9-5-2-6-10-14/h1-12H/b15-11+. The van der Waals surface area contributed by atoms with Gasteiger partial charge in [0.05, 0.1) is 0 Å². The van der Waals surface area contributed by atoms with Crippen LogP contribution in [0, 0.1) is 0 Å². The van der Waals surface area contributed by atoms with Crippen LogP contribution in [0.5, 0.6) is 5.75 Å². The van der Waals surface area contributed by atoms with E-state index in [1.165, 1.54) is 6.08 Å². The van der Waals surface area contributed by atoms with Crippen molar-refractivity contribution >= 4 is 12.0 Å². The molecule has 0 aliphatic heterocycles. The summed E-state index contributed by atoms with van der Waals surface area (Å²) in [6.45, 7) is 0. The van der Waals surface area contributed by atoms with Crippen LogP contribution in [0.1, 0.15) is 5.56 Å². The highest BCUT2D eigenvalue weighted by molar-refractivity contribution is 5.79. The van der Waals surface area contributed by atoms with Crippen LogP contribution in [0.2, 0.25) is 0 Å². The monoisotopic (exact) mass is 224 g/mol. The second-order valence-corrected chi connectivity index (χ2v) is 3.45. The molecule has 0 radical (unpaired) electrons. The number of hydrogen-bond acceptors (Lipinski definition) is 2. The maximum absolute atomic E-state index is 10.6. The third-order valence-electron chi connectivity index (χ3n) is 2.25. The SMILES string of the molecule is O=C/C=C(/Oc1ccccc1)c1ccccc1. The minimum absolute atomic E-state index is 0.548. The van der Waals surface area contributed by atoms with Gasteiger partial charge in [0.15, 0.2) is 0 Å². The molecule has 2 nitrogen and oxygen atoms in total. The normalized spacial score (nSPS) is 10.9. The third kappa shape index (κ3) is 3.05. The van der Waals surface area contributed by atoms with Crippen molar-refractivity contribution < 1.29 is 9.53 Å². The molecule has 2 aromatic carbocycles. The average molecular weight is 224 g/mol. The Labute approximate surface area is 100 Å². The Morgan fingerprint density at radius 1 is 0.882 bits per heavy atom. The van der Waals surface area contributed by atoms with Gasteiger partial charge in [-0.25, -0.2) is 0 Å². The van der Waals surface area contributed by atoms with Crippen LogP contribution in [-0.2, 0) is 4.79 Å². The highest BCUT2D eigenvalue weighted by Gasteiger charge is 2.03. The number of ether oxygens (including phenoxy) is 1. The van der Waals surface area contributed by atoms with Gasteiger partial charge < -0.3 is 4.74 Å². The first kappa shape index (κ1) is 11.1. The zero-order chi connectivity index (χ0) is 11.9. The lowest BCUT2D eigenvalue weighted by Gasteiger charge is -2.09. The summed E-state index contributed by atoms with van der Waals surface area (Å²) in [6, 6.07) is 18.9. The molecule has 0 N–H and O–H groups in total. The van der Waals surface area contributed by atoms with E-state index in [4.69, 9.17) is 4.74 Å². The quantitative estimate of drug-likeness (QED) is 0.452. The van der Waals surface area contributed by atoms with E-state index in [1.54, 1.807) is 0 Å². The summed E-state index contributed by atoms with van der Waals surface area (Å²) in [7, 11) is 0. The molecule has 2 aromatic rings. The Bertz CT molecular complexity index is 501. The summed E-state index contributed by atoms with van der Waals surface area (Å²) in [5, 5.41) is 0. The topological polar surface area (TPSA) is 26.3 Å². The molecule has 0 unspecified atom stereocenters. The van der Waals surface area contributed by atoms with Gasteiger partial charge in [0.2, 0.25) is 0 Å². The molecule has 2 heteroatoms. The van der Waals surface area contributed by atoms with Crippen LogP contribution in [0.3, 0.4) is 0 Å². The minimum Gasteiger partial charge on any atom is -0.457 e. The lowest BCUT2D eigenvalue weighted by molar-refractivity contribution is -0.104. The first-order valence-corrected chi connectivity index (χ1v) is 5.34. The fourth-order valence-corrected chi connectivity index (χ4v) is 1.47. The van der Waals surface area contributed by atoms with E-state index in [1.807, 2.05) is 60.7 Å². The van der Waals surface area contributed by atoms with E-state index in [0.717, 1.165) is 11.8 Å².